The number of nitrogens with two attached hydrogens (primary N) is 1. The van der Waals surface area contributed by atoms with E-state index in [9.17, 15) is 0 Å². The van der Waals surface area contributed by atoms with Gasteiger partial charge in [0.2, 0.25) is 0 Å². The van der Waals surface area contributed by atoms with E-state index in [0.717, 1.165) is 42.3 Å². The molecule has 1 heterocycles. The van der Waals surface area contributed by atoms with E-state index in [4.69, 9.17) is 20.5 Å². The smallest absolute Gasteiger partial charge is 0.181 e. The summed E-state index contributed by atoms with van der Waals surface area (Å²) in [6, 6.07) is 6.45. The number of halogens is 1. The van der Waals surface area contributed by atoms with Gasteiger partial charge in [0.1, 0.15) is 5.84 Å². The van der Waals surface area contributed by atoms with E-state index in [0.29, 0.717) is 17.9 Å². The maximum Gasteiger partial charge on any atom is 0.181 e. The van der Waals surface area contributed by atoms with Crippen LogP contribution in [-0.2, 0) is 16.8 Å². The lowest BCUT2D eigenvalue weighted by Crippen LogP contribution is -2.36. The summed E-state index contributed by atoms with van der Waals surface area (Å²) in [6.45, 7) is 4.14. The molecule has 1 fully saturated rings. The zero-order valence-corrected chi connectivity index (χ0v) is 16.3. The zero-order chi connectivity index (χ0) is 17.3. The Balaban J connectivity index is 2.08. The molecule has 0 amide bonds. The summed E-state index contributed by atoms with van der Waals surface area (Å²) in [6.07, 6.45) is 5.55. The van der Waals surface area contributed by atoms with Crippen LogP contribution in [0.4, 0.5) is 0 Å². The summed E-state index contributed by atoms with van der Waals surface area (Å²) >= 11 is 3.62. The Morgan fingerprint density at radius 2 is 1.96 bits per heavy atom. The highest BCUT2D eigenvalue weighted by molar-refractivity contribution is 9.10. The van der Waals surface area contributed by atoms with E-state index < -0.39 is 5.66 Å². The molecule has 2 aliphatic rings. The molecule has 24 heavy (non-hydrogen) atoms. The lowest BCUT2D eigenvalue weighted by Gasteiger charge is -2.38. The molecular weight excluding hydrogens is 366 g/mol. The fourth-order valence-electron chi connectivity index (χ4n) is 4.03. The maximum atomic E-state index is 6.16. The Hall–Kier alpha value is -1.20. The van der Waals surface area contributed by atoms with Crippen molar-refractivity contribution in [3.8, 4) is 0 Å². The minimum atomic E-state index is -0.567. The SMILES string of the molecule is CCc1ccc(Br)cc1C1(C2CCC(OC)CC2)N=C(C)C(N)=N1. The molecule has 1 aromatic rings. The van der Waals surface area contributed by atoms with Crippen molar-refractivity contribution in [1.29, 1.82) is 0 Å². The molecule has 0 saturated heterocycles. The van der Waals surface area contributed by atoms with Gasteiger partial charge in [-0.15, -0.1) is 0 Å². The molecule has 2 N–H and O–H groups in total. The molecule has 5 heteroatoms. The molecule has 1 aromatic carbocycles. The fourth-order valence-corrected chi connectivity index (χ4v) is 4.39. The minimum Gasteiger partial charge on any atom is -0.382 e. The Labute approximate surface area is 152 Å². The van der Waals surface area contributed by atoms with Gasteiger partial charge in [0.25, 0.3) is 0 Å². The van der Waals surface area contributed by atoms with Crippen molar-refractivity contribution in [3.05, 3.63) is 33.8 Å². The first-order valence-electron chi connectivity index (χ1n) is 8.74. The van der Waals surface area contributed by atoms with Crippen molar-refractivity contribution in [2.75, 3.05) is 7.11 Å². The summed E-state index contributed by atoms with van der Waals surface area (Å²) in [7, 11) is 1.80. The predicted octanol–water partition coefficient (Wildman–Crippen LogP) is 4.20. The molecule has 0 spiro atoms. The number of hydrogen-bond donors (Lipinski definition) is 1. The Bertz CT molecular complexity index is 657. The number of rotatable bonds is 4. The molecule has 1 saturated carbocycles. The highest BCUT2D eigenvalue weighted by atomic mass is 79.9. The van der Waals surface area contributed by atoms with Crippen molar-refractivity contribution in [2.24, 2.45) is 21.6 Å². The van der Waals surface area contributed by atoms with Crippen LogP contribution in [-0.4, -0.2) is 24.8 Å². The lowest BCUT2D eigenvalue weighted by atomic mass is 9.75. The van der Waals surface area contributed by atoms with E-state index in [1.54, 1.807) is 7.11 Å². The monoisotopic (exact) mass is 391 g/mol. The summed E-state index contributed by atoms with van der Waals surface area (Å²) in [5.74, 6) is 0.936. The van der Waals surface area contributed by atoms with Crippen LogP contribution in [0.5, 0.6) is 0 Å². The standard InChI is InChI=1S/C19H26BrN3O/c1-4-13-5-8-15(20)11-17(13)19(22-12(2)18(21)23-19)14-6-9-16(24-3)10-7-14/h5,8,11,14,16H,4,6-7,9-10H2,1-3H3,(H2,21,23). The number of aryl methyl sites for hydroxylation is 1. The molecule has 1 unspecified atom stereocenters. The second-order valence-electron chi connectivity index (χ2n) is 6.78. The van der Waals surface area contributed by atoms with Crippen molar-refractivity contribution in [2.45, 2.75) is 57.7 Å². The number of benzene rings is 1. The second-order valence-corrected chi connectivity index (χ2v) is 7.70. The molecule has 1 aliphatic carbocycles. The average molecular weight is 392 g/mol. The van der Waals surface area contributed by atoms with Crippen LogP contribution in [0, 0.1) is 5.92 Å². The molecular formula is C19H26BrN3O. The number of hydrogen-bond acceptors (Lipinski definition) is 4. The van der Waals surface area contributed by atoms with E-state index in [-0.39, 0.29) is 0 Å². The topological polar surface area (TPSA) is 60.0 Å². The van der Waals surface area contributed by atoms with Crippen molar-refractivity contribution >= 4 is 27.5 Å². The molecule has 0 bridgehead atoms. The number of methoxy groups -OCH3 is 1. The van der Waals surface area contributed by atoms with Gasteiger partial charge < -0.3 is 10.5 Å². The molecule has 0 aromatic heterocycles. The van der Waals surface area contributed by atoms with Gasteiger partial charge in [-0.3, -0.25) is 4.99 Å². The van der Waals surface area contributed by atoms with E-state index in [2.05, 4.69) is 41.1 Å². The first-order chi connectivity index (χ1) is 11.5. The number of nitrogens with zero attached hydrogens (tertiary/aromatic N) is 2. The molecule has 1 aliphatic heterocycles. The quantitative estimate of drug-likeness (QED) is 0.835. The first kappa shape index (κ1) is 17.6. The third-order valence-electron chi connectivity index (χ3n) is 5.43. The van der Waals surface area contributed by atoms with Crippen LogP contribution in [0.1, 0.15) is 50.7 Å². The largest absolute Gasteiger partial charge is 0.382 e. The number of aliphatic imine (C=N–C) groups is 2. The van der Waals surface area contributed by atoms with Crippen LogP contribution < -0.4 is 5.73 Å². The number of amidine groups is 1. The zero-order valence-electron chi connectivity index (χ0n) is 14.7. The molecule has 3 rings (SSSR count). The van der Waals surface area contributed by atoms with Gasteiger partial charge in [0, 0.05) is 23.1 Å². The van der Waals surface area contributed by atoms with Crippen molar-refractivity contribution < 1.29 is 4.74 Å². The third kappa shape index (κ3) is 3.04. The van der Waals surface area contributed by atoms with E-state index in [1.807, 2.05) is 6.92 Å². The first-order valence-corrected chi connectivity index (χ1v) is 9.53. The van der Waals surface area contributed by atoms with Gasteiger partial charge >= 0.3 is 0 Å². The highest BCUT2D eigenvalue weighted by Gasteiger charge is 2.46. The minimum absolute atomic E-state index is 0.360. The van der Waals surface area contributed by atoms with Gasteiger partial charge in [-0.1, -0.05) is 28.9 Å². The van der Waals surface area contributed by atoms with Crippen LogP contribution in [0.25, 0.3) is 0 Å². The summed E-state index contributed by atoms with van der Waals surface area (Å²) in [5.41, 5.74) is 8.94. The fraction of sp³-hybridized carbons (Fsp3) is 0.579. The maximum absolute atomic E-state index is 6.16. The van der Waals surface area contributed by atoms with Crippen LogP contribution in [0.3, 0.4) is 0 Å². The Kier molecular flexibility index (Phi) is 5.11. The summed E-state index contributed by atoms with van der Waals surface area (Å²) in [5, 5.41) is 0. The van der Waals surface area contributed by atoms with Gasteiger partial charge in [-0.05, 0) is 56.7 Å². The molecule has 0 radical (unpaired) electrons. The average Bonchev–Trinajstić information content (AvgIpc) is 2.91. The summed E-state index contributed by atoms with van der Waals surface area (Å²) in [4.78, 5) is 9.95. The van der Waals surface area contributed by atoms with Crippen LogP contribution in [0.2, 0.25) is 0 Å². The third-order valence-corrected chi connectivity index (χ3v) is 5.92. The lowest BCUT2D eigenvalue weighted by molar-refractivity contribution is 0.0425. The number of ether oxygens (including phenoxy) is 1. The molecule has 130 valence electrons. The predicted molar refractivity (Wildman–Crippen MR) is 103 cm³/mol. The van der Waals surface area contributed by atoms with Crippen molar-refractivity contribution in [3.63, 3.8) is 0 Å². The van der Waals surface area contributed by atoms with Crippen molar-refractivity contribution in [1.82, 2.24) is 0 Å². The highest BCUT2D eigenvalue weighted by Crippen LogP contribution is 2.47. The van der Waals surface area contributed by atoms with Crippen LogP contribution >= 0.6 is 15.9 Å². The van der Waals surface area contributed by atoms with Crippen LogP contribution in [0.15, 0.2) is 32.7 Å². The Morgan fingerprint density at radius 3 is 2.50 bits per heavy atom. The van der Waals surface area contributed by atoms with Gasteiger partial charge in [0.15, 0.2) is 5.66 Å². The van der Waals surface area contributed by atoms with Gasteiger partial charge in [-0.2, -0.15) is 0 Å². The van der Waals surface area contributed by atoms with Gasteiger partial charge in [0.05, 0.1) is 11.8 Å². The van der Waals surface area contributed by atoms with E-state index >= 15 is 0 Å². The molecule has 1 atom stereocenters. The molecule has 4 nitrogen and oxygen atoms in total. The summed E-state index contributed by atoms with van der Waals surface area (Å²) < 4.78 is 6.61. The normalized spacial score (nSPS) is 30.2. The van der Waals surface area contributed by atoms with E-state index in [1.165, 1.54) is 11.1 Å². The second kappa shape index (κ2) is 6.96. The Morgan fingerprint density at radius 1 is 1.25 bits per heavy atom. The van der Waals surface area contributed by atoms with Gasteiger partial charge in [-0.25, -0.2) is 4.99 Å².